The SMILES string of the molecule is CC(C)C1CC[C@@H](C)CC1C1OCCS1. The van der Waals surface area contributed by atoms with Gasteiger partial charge in [0.2, 0.25) is 0 Å². The molecule has 2 aliphatic rings. The van der Waals surface area contributed by atoms with Crippen molar-refractivity contribution in [3.63, 3.8) is 0 Å². The van der Waals surface area contributed by atoms with Gasteiger partial charge in [-0.25, -0.2) is 0 Å². The molecule has 15 heavy (non-hydrogen) atoms. The molecule has 0 N–H and O–H groups in total. The average Bonchev–Trinajstić information content (AvgIpc) is 2.69. The smallest absolute Gasteiger partial charge is 0.106 e. The van der Waals surface area contributed by atoms with E-state index >= 15 is 0 Å². The van der Waals surface area contributed by atoms with Gasteiger partial charge in [0.25, 0.3) is 0 Å². The van der Waals surface area contributed by atoms with Crippen molar-refractivity contribution in [2.45, 2.75) is 45.5 Å². The van der Waals surface area contributed by atoms with Gasteiger partial charge in [0.05, 0.1) is 6.61 Å². The van der Waals surface area contributed by atoms with E-state index in [1.54, 1.807) is 0 Å². The fraction of sp³-hybridized carbons (Fsp3) is 1.00. The summed E-state index contributed by atoms with van der Waals surface area (Å²) in [6, 6.07) is 0. The van der Waals surface area contributed by atoms with Crippen molar-refractivity contribution in [3.05, 3.63) is 0 Å². The molecule has 0 aromatic rings. The Balaban J connectivity index is 2.01. The fourth-order valence-corrected chi connectivity index (χ4v) is 4.39. The highest BCUT2D eigenvalue weighted by Crippen LogP contribution is 2.44. The van der Waals surface area contributed by atoms with Gasteiger partial charge in [-0.2, -0.15) is 0 Å². The lowest BCUT2D eigenvalue weighted by atomic mass is 9.70. The molecule has 0 aromatic carbocycles. The van der Waals surface area contributed by atoms with Crippen LogP contribution in [0.4, 0.5) is 0 Å². The summed E-state index contributed by atoms with van der Waals surface area (Å²) in [5.74, 6) is 4.67. The standard InChI is InChI=1S/C13H24OS/c1-9(2)11-5-4-10(3)8-12(11)13-14-6-7-15-13/h9-13H,4-8H2,1-3H3/t10-,11?,12?,13?/m1/s1. The summed E-state index contributed by atoms with van der Waals surface area (Å²) < 4.78 is 5.88. The summed E-state index contributed by atoms with van der Waals surface area (Å²) >= 11 is 2.05. The van der Waals surface area contributed by atoms with Crippen LogP contribution in [0, 0.1) is 23.7 Å². The van der Waals surface area contributed by atoms with Crippen LogP contribution in [0.25, 0.3) is 0 Å². The Bertz CT molecular complexity index is 199. The molecule has 2 heteroatoms. The highest BCUT2D eigenvalue weighted by Gasteiger charge is 2.37. The van der Waals surface area contributed by atoms with Gasteiger partial charge in [0.1, 0.15) is 5.44 Å². The third kappa shape index (κ3) is 2.71. The van der Waals surface area contributed by atoms with Crippen LogP contribution in [0.15, 0.2) is 0 Å². The molecule has 1 heterocycles. The lowest BCUT2D eigenvalue weighted by molar-refractivity contribution is 0.0271. The van der Waals surface area contributed by atoms with Gasteiger partial charge < -0.3 is 4.74 Å². The van der Waals surface area contributed by atoms with Crippen molar-refractivity contribution in [2.24, 2.45) is 23.7 Å². The summed E-state index contributed by atoms with van der Waals surface area (Å²) in [6.07, 6.45) is 4.24. The maximum absolute atomic E-state index is 5.88. The van der Waals surface area contributed by atoms with Crippen molar-refractivity contribution in [1.82, 2.24) is 0 Å². The highest BCUT2D eigenvalue weighted by atomic mass is 32.2. The molecule has 1 saturated carbocycles. The van der Waals surface area contributed by atoms with E-state index in [-0.39, 0.29) is 0 Å². The van der Waals surface area contributed by atoms with E-state index < -0.39 is 0 Å². The van der Waals surface area contributed by atoms with Crippen LogP contribution in [0.2, 0.25) is 0 Å². The molecule has 0 aromatic heterocycles. The maximum Gasteiger partial charge on any atom is 0.106 e. The van der Waals surface area contributed by atoms with Crippen LogP contribution in [0.5, 0.6) is 0 Å². The zero-order chi connectivity index (χ0) is 10.8. The number of ether oxygens (including phenoxy) is 1. The van der Waals surface area contributed by atoms with E-state index in [4.69, 9.17) is 4.74 Å². The second-order valence-electron chi connectivity index (χ2n) is 5.60. The minimum Gasteiger partial charge on any atom is -0.366 e. The molecular formula is C13H24OS. The first-order valence-electron chi connectivity index (χ1n) is 6.41. The molecule has 88 valence electrons. The Morgan fingerprint density at radius 1 is 1.27 bits per heavy atom. The van der Waals surface area contributed by atoms with Gasteiger partial charge in [-0.3, -0.25) is 0 Å². The van der Waals surface area contributed by atoms with Crippen LogP contribution in [-0.2, 0) is 4.74 Å². The van der Waals surface area contributed by atoms with Crippen LogP contribution < -0.4 is 0 Å². The topological polar surface area (TPSA) is 9.23 Å². The first-order valence-corrected chi connectivity index (χ1v) is 7.46. The number of thioether (sulfide) groups is 1. The Labute approximate surface area is 98.3 Å². The van der Waals surface area contributed by atoms with Crippen LogP contribution >= 0.6 is 11.8 Å². The second kappa shape index (κ2) is 5.09. The minimum absolute atomic E-state index is 0.514. The Morgan fingerprint density at radius 2 is 2.07 bits per heavy atom. The van der Waals surface area contributed by atoms with Crippen molar-refractivity contribution < 1.29 is 4.74 Å². The third-order valence-corrected chi connectivity index (χ3v) is 5.29. The molecule has 0 amide bonds. The zero-order valence-electron chi connectivity index (χ0n) is 10.2. The van der Waals surface area contributed by atoms with Crippen molar-refractivity contribution in [3.8, 4) is 0 Å². The zero-order valence-corrected chi connectivity index (χ0v) is 11.1. The summed E-state index contributed by atoms with van der Waals surface area (Å²) in [6.45, 7) is 8.15. The second-order valence-corrected chi connectivity index (χ2v) is 6.81. The molecular weight excluding hydrogens is 204 g/mol. The van der Waals surface area contributed by atoms with Crippen LogP contribution in [-0.4, -0.2) is 17.8 Å². The summed E-state index contributed by atoms with van der Waals surface area (Å²) in [5.41, 5.74) is 0.514. The van der Waals surface area contributed by atoms with E-state index in [9.17, 15) is 0 Å². The lowest BCUT2D eigenvalue weighted by Gasteiger charge is -2.39. The molecule has 2 fully saturated rings. The number of hydrogen-bond acceptors (Lipinski definition) is 2. The van der Waals surface area contributed by atoms with Gasteiger partial charge >= 0.3 is 0 Å². The Hall–Kier alpha value is 0.310. The third-order valence-electron chi connectivity index (χ3n) is 4.07. The molecule has 1 aliphatic carbocycles. The highest BCUT2D eigenvalue weighted by molar-refractivity contribution is 8.00. The van der Waals surface area contributed by atoms with Crippen molar-refractivity contribution in [1.29, 1.82) is 0 Å². The maximum atomic E-state index is 5.88. The van der Waals surface area contributed by atoms with E-state index in [2.05, 4.69) is 20.8 Å². The average molecular weight is 228 g/mol. The van der Waals surface area contributed by atoms with Crippen LogP contribution in [0.1, 0.15) is 40.0 Å². The molecule has 2 rings (SSSR count). The summed E-state index contributed by atoms with van der Waals surface area (Å²) in [5, 5.41) is 0. The van der Waals surface area contributed by atoms with Gasteiger partial charge in [-0.15, -0.1) is 11.8 Å². The fourth-order valence-electron chi connectivity index (χ4n) is 3.21. The Kier molecular flexibility index (Phi) is 4.00. The molecule has 3 unspecified atom stereocenters. The molecule has 0 bridgehead atoms. The molecule has 0 radical (unpaired) electrons. The summed E-state index contributed by atoms with van der Waals surface area (Å²) in [4.78, 5) is 0. The predicted molar refractivity (Wildman–Crippen MR) is 67.0 cm³/mol. The largest absolute Gasteiger partial charge is 0.366 e. The number of rotatable bonds is 2. The van der Waals surface area contributed by atoms with Gasteiger partial charge in [-0.1, -0.05) is 27.2 Å². The first kappa shape index (κ1) is 11.8. The monoisotopic (exact) mass is 228 g/mol. The Morgan fingerprint density at radius 3 is 2.67 bits per heavy atom. The normalized spacial score (nSPS) is 42.4. The van der Waals surface area contributed by atoms with E-state index in [1.165, 1.54) is 25.0 Å². The van der Waals surface area contributed by atoms with E-state index in [1.807, 2.05) is 11.8 Å². The predicted octanol–water partition coefficient (Wildman–Crippen LogP) is 3.78. The van der Waals surface area contributed by atoms with Gasteiger partial charge in [0.15, 0.2) is 0 Å². The lowest BCUT2D eigenvalue weighted by Crippen LogP contribution is -2.34. The number of hydrogen-bond donors (Lipinski definition) is 0. The van der Waals surface area contributed by atoms with Gasteiger partial charge in [0, 0.05) is 5.75 Å². The van der Waals surface area contributed by atoms with E-state index in [0.29, 0.717) is 5.44 Å². The van der Waals surface area contributed by atoms with Crippen LogP contribution in [0.3, 0.4) is 0 Å². The van der Waals surface area contributed by atoms with Gasteiger partial charge in [-0.05, 0) is 36.5 Å². The molecule has 1 aliphatic heterocycles. The first-order chi connectivity index (χ1) is 7.18. The molecule has 1 saturated heterocycles. The molecule has 1 nitrogen and oxygen atoms in total. The van der Waals surface area contributed by atoms with E-state index in [0.717, 1.165) is 30.3 Å². The quantitative estimate of drug-likeness (QED) is 0.711. The summed E-state index contributed by atoms with van der Waals surface area (Å²) in [7, 11) is 0. The molecule has 4 atom stereocenters. The molecule has 0 spiro atoms. The van der Waals surface area contributed by atoms with Crippen molar-refractivity contribution in [2.75, 3.05) is 12.4 Å². The van der Waals surface area contributed by atoms with Crippen molar-refractivity contribution >= 4 is 11.8 Å². The minimum atomic E-state index is 0.514.